The number of aromatic nitrogens is 2. The summed E-state index contributed by atoms with van der Waals surface area (Å²) < 4.78 is 2.02. The summed E-state index contributed by atoms with van der Waals surface area (Å²) in [6.45, 7) is 0. The van der Waals surface area contributed by atoms with E-state index in [0.29, 0.717) is 0 Å². The minimum absolute atomic E-state index is 1.04. The molecule has 2 aromatic heterocycles. The van der Waals surface area contributed by atoms with Crippen molar-refractivity contribution in [1.82, 2.24) is 9.38 Å². The molecule has 2 rings (SSSR count). The first-order valence-electron chi connectivity index (χ1n) is 3.37. The van der Waals surface area contributed by atoms with Crippen LogP contribution in [0, 0.1) is 0 Å². The Bertz CT molecular complexity index is 367. The molecule has 0 saturated carbocycles. The fourth-order valence-electron chi connectivity index (χ4n) is 1.08. The van der Waals surface area contributed by atoms with Crippen LogP contribution in [0.1, 0.15) is 0 Å². The number of hydrogen-bond donors (Lipinski definition) is 0. The summed E-state index contributed by atoms with van der Waals surface area (Å²) >= 11 is 1.72. The molecule has 0 unspecified atom stereocenters. The smallest absolute Gasteiger partial charge is 0.150 e. The zero-order valence-electron chi connectivity index (χ0n) is 6.19. The predicted molar refractivity (Wildman–Crippen MR) is 47.0 cm³/mol. The predicted octanol–water partition coefficient (Wildman–Crippen LogP) is 2.06. The fraction of sp³-hybridized carbons (Fsp3) is 0.125. The van der Waals surface area contributed by atoms with E-state index in [1.165, 1.54) is 4.90 Å². The van der Waals surface area contributed by atoms with E-state index in [0.717, 1.165) is 5.65 Å². The largest absolute Gasteiger partial charge is 0.306 e. The molecular formula is C8H8N2S. The van der Waals surface area contributed by atoms with Crippen molar-refractivity contribution in [3.05, 3.63) is 30.7 Å². The van der Waals surface area contributed by atoms with Gasteiger partial charge in [0.15, 0.2) is 0 Å². The highest BCUT2D eigenvalue weighted by atomic mass is 32.2. The van der Waals surface area contributed by atoms with Crippen LogP contribution < -0.4 is 0 Å². The molecule has 2 heterocycles. The topological polar surface area (TPSA) is 17.3 Å². The molecule has 3 heteroatoms. The highest BCUT2D eigenvalue weighted by Gasteiger charge is 1.97. The molecule has 0 aliphatic rings. The normalized spacial score (nSPS) is 10.6. The quantitative estimate of drug-likeness (QED) is 0.600. The van der Waals surface area contributed by atoms with Crippen LogP contribution in [0.5, 0.6) is 0 Å². The van der Waals surface area contributed by atoms with Crippen molar-refractivity contribution in [2.75, 3.05) is 6.26 Å². The molecule has 0 bridgehead atoms. The van der Waals surface area contributed by atoms with Crippen molar-refractivity contribution >= 4 is 17.4 Å². The first kappa shape index (κ1) is 6.73. The maximum Gasteiger partial charge on any atom is 0.150 e. The zero-order chi connectivity index (χ0) is 7.68. The Balaban J connectivity index is 2.79. The fourth-order valence-corrected chi connectivity index (χ4v) is 1.64. The van der Waals surface area contributed by atoms with E-state index in [1.807, 2.05) is 29.1 Å². The van der Waals surface area contributed by atoms with E-state index in [2.05, 4.69) is 17.3 Å². The van der Waals surface area contributed by atoms with Crippen LogP contribution in [-0.2, 0) is 0 Å². The molecule has 2 aromatic rings. The molecule has 0 aromatic carbocycles. The average molecular weight is 164 g/mol. The van der Waals surface area contributed by atoms with Gasteiger partial charge in [-0.2, -0.15) is 0 Å². The first-order chi connectivity index (χ1) is 5.42. The molecule has 0 amide bonds. The van der Waals surface area contributed by atoms with E-state index in [4.69, 9.17) is 0 Å². The molecule has 0 aliphatic carbocycles. The summed E-state index contributed by atoms with van der Waals surface area (Å²) in [6.07, 6.45) is 7.83. The number of rotatable bonds is 1. The van der Waals surface area contributed by atoms with E-state index in [9.17, 15) is 0 Å². The van der Waals surface area contributed by atoms with Crippen molar-refractivity contribution in [3.63, 3.8) is 0 Å². The van der Waals surface area contributed by atoms with Gasteiger partial charge in [0.25, 0.3) is 0 Å². The van der Waals surface area contributed by atoms with Gasteiger partial charge in [-0.3, -0.25) is 0 Å². The Morgan fingerprint density at radius 2 is 2.36 bits per heavy atom. The van der Waals surface area contributed by atoms with Crippen molar-refractivity contribution in [2.45, 2.75) is 4.90 Å². The first-order valence-corrected chi connectivity index (χ1v) is 4.60. The third-order valence-electron chi connectivity index (χ3n) is 1.60. The van der Waals surface area contributed by atoms with Crippen LogP contribution in [-0.4, -0.2) is 15.6 Å². The Labute approximate surface area is 69.3 Å². The molecule has 56 valence electrons. The number of imidazole rings is 1. The van der Waals surface area contributed by atoms with Gasteiger partial charge in [-0.15, -0.1) is 11.8 Å². The van der Waals surface area contributed by atoms with Crippen LogP contribution in [0.2, 0.25) is 0 Å². The minimum atomic E-state index is 1.04. The van der Waals surface area contributed by atoms with Crippen molar-refractivity contribution in [2.24, 2.45) is 0 Å². The maximum absolute atomic E-state index is 4.23. The SMILES string of the molecule is CSc1cccn2ccnc12. The van der Waals surface area contributed by atoms with Crippen LogP contribution >= 0.6 is 11.8 Å². The van der Waals surface area contributed by atoms with Gasteiger partial charge in [0.05, 0.1) is 4.90 Å². The van der Waals surface area contributed by atoms with Crippen molar-refractivity contribution in [3.8, 4) is 0 Å². The Morgan fingerprint density at radius 3 is 3.18 bits per heavy atom. The van der Waals surface area contributed by atoms with Gasteiger partial charge in [0, 0.05) is 18.6 Å². The van der Waals surface area contributed by atoms with Crippen LogP contribution in [0.15, 0.2) is 35.6 Å². The van der Waals surface area contributed by atoms with Gasteiger partial charge in [-0.05, 0) is 18.4 Å². The molecule has 2 nitrogen and oxygen atoms in total. The number of fused-ring (bicyclic) bond motifs is 1. The monoisotopic (exact) mass is 164 g/mol. The molecule has 0 N–H and O–H groups in total. The molecule has 0 aliphatic heterocycles. The van der Waals surface area contributed by atoms with Crippen LogP contribution in [0.25, 0.3) is 5.65 Å². The lowest BCUT2D eigenvalue weighted by Crippen LogP contribution is -1.83. The number of nitrogens with zero attached hydrogens (tertiary/aromatic N) is 2. The van der Waals surface area contributed by atoms with Gasteiger partial charge >= 0.3 is 0 Å². The molecule has 0 atom stereocenters. The lowest BCUT2D eigenvalue weighted by atomic mass is 10.5. The summed E-state index contributed by atoms with van der Waals surface area (Å²) in [7, 11) is 0. The lowest BCUT2D eigenvalue weighted by molar-refractivity contribution is 1.15. The molecule has 0 fully saturated rings. The van der Waals surface area contributed by atoms with E-state index < -0.39 is 0 Å². The molecule has 0 spiro atoms. The van der Waals surface area contributed by atoms with Gasteiger partial charge in [0.1, 0.15) is 5.65 Å². The summed E-state index contributed by atoms with van der Waals surface area (Å²) in [6, 6.07) is 4.10. The summed E-state index contributed by atoms with van der Waals surface area (Å²) in [5, 5.41) is 0. The van der Waals surface area contributed by atoms with Crippen molar-refractivity contribution < 1.29 is 0 Å². The summed E-state index contributed by atoms with van der Waals surface area (Å²) in [5.74, 6) is 0. The third-order valence-corrected chi connectivity index (χ3v) is 2.36. The molecule has 0 radical (unpaired) electrons. The minimum Gasteiger partial charge on any atom is -0.306 e. The average Bonchev–Trinajstić information content (AvgIpc) is 2.50. The zero-order valence-corrected chi connectivity index (χ0v) is 7.01. The molecular weight excluding hydrogens is 156 g/mol. The van der Waals surface area contributed by atoms with E-state index in [-0.39, 0.29) is 0 Å². The Morgan fingerprint density at radius 1 is 1.45 bits per heavy atom. The molecule has 0 saturated heterocycles. The highest BCUT2D eigenvalue weighted by molar-refractivity contribution is 7.98. The van der Waals surface area contributed by atoms with E-state index >= 15 is 0 Å². The third kappa shape index (κ3) is 1.01. The van der Waals surface area contributed by atoms with Crippen molar-refractivity contribution in [1.29, 1.82) is 0 Å². The lowest BCUT2D eigenvalue weighted by Gasteiger charge is -1.97. The van der Waals surface area contributed by atoms with Crippen LogP contribution in [0.3, 0.4) is 0 Å². The van der Waals surface area contributed by atoms with Gasteiger partial charge < -0.3 is 4.40 Å². The maximum atomic E-state index is 4.23. The van der Waals surface area contributed by atoms with Gasteiger partial charge in [0.2, 0.25) is 0 Å². The number of pyridine rings is 1. The van der Waals surface area contributed by atoms with E-state index in [1.54, 1.807) is 11.8 Å². The second-order valence-corrected chi connectivity index (χ2v) is 3.08. The van der Waals surface area contributed by atoms with Crippen LogP contribution in [0.4, 0.5) is 0 Å². The van der Waals surface area contributed by atoms with Gasteiger partial charge in [-0.25, -0.2) is 4.98 Å². The van der Waals surface area contributed by atoms with Gasteiger partial charge in [-0.1, -0.05) is 0 Å². The summed E-state index contributed by atoms with van der Waals surface area (Å²) in [5.41, 5.74) is 1.04. The standard InChI is InChI=1S/C8H8N2S/c1-11-7-3-2-5-10-6-4-9-8(7)10/h2-6H,1H3. The molecule has 11 heavy (non-hydrogen) atoms. The number of thioether (sulfide) groups is 1. The Kier molecular flexibility index (Phi) is 1.58. The summed E-state index contributed by atoms with van der Waals surface area (Å²) in [4.78, 5) is 5.45. The Hall–Kier alpha value is -0.960. The second-order valence-electron chi connectivity index (χ2n) is 2.23. The second kappa shape index (κ2) is 2.58. The highest BCUT2D eigenvalue weighted by Crippen LogP contribution is 2.18. The number of hydrogen-bond acceptors (Lipinski definition) is 2.